The first kappa shape index (κ1) is 14.4. The van der Waals surface area contributed by atoms with Gasteiger partial charge in [-0.15, -0.1) is 0 Å². The van der Waals surface area contributed by atoms with Crippen molar-refractivity contribution >= 4 is 17.5 Å². The lowest BCUT2D eigenvalue weighted by molar-refractivity contribution is 0.0600. The van der Waals surface area contributed by atoms with E-state index in [1.54, 1.807) is 11.0 Å². The first-order valence-electron chi connectivity index (χ1n) is 6.82. The van der Waals surface area contributed by atoms with E-state index in [-0.39, 0.29) is 18.6 Å². The van der Waals surface area contributed by atoms with Gasteiger partial charge in [0.05, 0.1) is 23.2 Å². The first-order chi connectivity index (χ1) is 9.15. The highest BCUT2D eigenvalue weighted by molar-refractivity contribution is 6.34. The molecular formula is C15H20ClNO2. The highest BCUT2D eigenvalue weighted by Gasteiger charge is 2.27. The van der Waals surface area contributed by atoms with Crippen LogP contribution < -0.4 is 0 Å². The zero-order valence-electron chi connectivity index (χ0n) is 11.2. The van der Waals surface area contributed by atoms with Crippen LogP contribution >= 0.6 is 11.6 Å². The number of rotatable bonds is 2. The molecule has 3 nitrogen and oxygen atoms in total. The second-order valence-electron chi connectivity index (χ2n) is 5.12. The first-order valence-corrected chi connectivity index (χ1v) is 7.20. The number of aliphatic hydroxyl groups excluding tert-OH is 1. The molecule has 4 heteroatoms. The molecule has 1 saturated heterocycles. The Balaban J connectivity index is 2.28. The van der Waals surface area contributed by atoms with E-state index >= 15 is 0 Å². The zero-order chi connectivity index (χ0) is 13.8. The summed E-state index contributed by atoms with van der Waals surface area (Å²) in [5, 5.41) is 10.0. The number of carbonyl (C=O) groups excluding carboxylic acids is 1. The van der Waals surface area contributed by atoms with E-state index in [0.717, 1.165) is 31.2 Å². The summed E-state index contributed by atoms with van der Waals surface area (Å²) >= 11 is 6.23. The number of amides is 1. The molecule has 19 heavy (non-hydrogen) atoms. The summed E-state index contributed by atoms with van der Waals surface area (Å²) in [7, 11) is 0. The Morgan fingerprint density at radius 1 is 1.42 bits per heavy atom. The minimum Gasteiger partial charge on any atom is -0.394 e. The smallest absolute Gasteiger partial charge is 0.255 e. The van der Waals surface area contributed by atoms with Crippen LogP contribution in [0.3, 0.4) is 0 Å². The maximum atomic E-state index is 12.6. The third-order valence-electron chi connectivity index (χ3n) is 3.77. The third kappa shape index (κ3) is 3.10. The molecule has 0 bridgehead atoms. The van der Waals surface area contributed by atoms with Crippen LogP contribution in [0.25, 0.3) is 0 Å². The van der Waals surface area contributed by atoms with Crippen LogP contribution in [0.4, 0.5) is 0 Å². The fraction of sp³-hybridized carbons (Fsp3) is 0.533. The minimum absolute atomic E-state index is 0.0230. The molecule has 1 heterocycles. The van der Waals surface area contributed by atoms with Crippen LogP contribution in [-0.2, 0) is 0 Å². The predicted octanol–water partition coefficient (Wildman–Crippen LogP) is 3.03. The van der Waals surface area contributed by atoms with Crippen molar-refractivity contribution < 1.29 is 9.90 Å². The number of aliphatic hydroxyl groups is 1. The average molecular weight is 282 g/mol. The van der Waals surface area contributed by atoms with Crippen LogP contribution in [0, 0.1) is 6.92 Å². The van der Waals surface area contributed by atoms with Gasteiger partial charge in [0.15, 0.2) is 0 Å². The van der Waals surface area contributed by atoms with Gasteiger partial charge in [-0.25, -0.2) is 0 Å². The lowest BCUT2D eigenvalue weighted by Gasteiger charge is -2.29. The summed E-state index contributed by atoms with van der Waals surface area (Å²) in [6, 6.07) is 5.43. The molecule has 0 saturated carbocycles. The fourth-order valence-electron chi connectivity index (χ4n) is 2.60. The molecule has 0 aliphatic carbocycles. The van der Waals surface area contributed by atoms with Crippen molar-refractivity contribution in [3.63, 3.8) is 0 Å². The van der Waals surface area contributed by atoms with E-state index in [9.17, 15) is 9.90 Å². The van der Waals surface area contributed by atoms with Gasteiger partial charge in [0, 0.05) is 6.54 Å². The van der Waals surface area contributed by atoms with Gasteiger partial charge in [0.2, 0.25) is 0 Å². The highest BCUT2D eigenvalue weighted by Crippen LogP contribution is 2.25. The van der Waals surface area contributed by atoms with Gasteiger partial charge in [0.1, 0.15) is 0 Å². The van der Waals surface area contributed by atoms with Crippen LogP contribution in [-0.4, -0.2) is 35.1 Å². The number of hydrogen-bond donors (Lipinski definition) is 1. The van der Waals surface area contributed by atoms with Gasteiger partial charge in [-0.2, -0.15) is 0 Å². The van der Waals surface area contributed by atoms with Gasteiger partial charge in [-0.1, -0.05) is 36.6 Å². The van der Waals surface area contributed by atoms with Gasteiger partial charge in [-0.3, -0.25) is 4.79 Å². The molecule has 1 aromatic carbocycles. The molecule has 1 atom stereocenters. The Hall–Kier alpha value is -1.06. The van der Waals surface area contributed by atoms with Crippen molar-refractivity contribution in [3.05, 3.63) is 34.3 Å². The molecule has 0 spiro atoms. The molecule has 0 radical (unpaired) electrons. The summed E-state index contributed by atoms with van der Waals surface area (Å²) in [4.78, 5) is 14.4. The van der Waals surface area contributed by atoms with Crippen LogP contribution in [0.15, 0.2) is 18.2 Å². The van der Waals surface area contributed by atoms with Crippen molar-refractivity contribution in [2.45, 2.75) is 38.6 Å². The van der Waals surface area contributed by atoms with Crippen molar-refractivity contribution in [1.29, 1.82) is 0 Å². The summed E-state index contributed by atoms with van der Waals surface area (Å²) in [5.74, 6) is -0.0605. The van der Waals surface area contributed by atoms with Crippen LogP contribution in [0.5, 0.6) is 0 Å². The van der Waals surface area contributed by atoms with Crippen molar-refractivity contribution in [3.8, 4) is 0 Å². The van der Waals surface area contributed by atoms with E-state index in [2.05, 4.69) is 0 Å². The Morgan fingerprint density at radius 2 is 2.21 bits per heavy atom. The average Bonchev–Trinajstić information content (AvgIpc) is 2.66. The quantitative estimate of drug-likeness (QED) is 0.905. The second kappa shape index (κ2) is 6.40. The lowest BCUT2D eigenvalue weighted by Crippen LogP contribution is -2.42. The maximum Gasteiger partial charge on any atom is 0.255 e. The third-order valence-corrected chi connectivity index (χ3v) is 4.27. The summed E-state index contributed by atoms with van der Waals surface area (Å²) in [5.41, 5.74) is 1.45. The number of likely N-dealkylation sites (tertiary alicyclic amines) is 1. The summed E-state index contributed by atoms with van der Waals surface area (Å²) < 4.78 is 0. The number of carbonyl (C=O) groups is 1. The van der Waals surface area contributed by atoms with Crippen LogP contribution in [0.2, 0.25) is 5.02 Å². The van der Waals surface area contributed by atoms with E-state index in [4.69, 9.17) is 11.6 Å². The van der Waals surface area contributed by atoms with Gasteiger partial charge in [0.25, 0.3) is 5.91 Å². The van der Waals surface area contributed by atoms with Gasteiger partial charge >= 0.3 is 0 Å². The van der Waals surface area contributed by atoms with Crippen molar-refractivity contribution in [1.82, 2.24) is 4.90 Å². The monoisotopic (exact) mass is 281 g/mol. The van der Waals surface area contributed by atoms with Crippen LogP contribution in [0.1, 0.15) is 41.6 Å². The molecule has 1 fully saturated rings. The SMILES string of the molecule is Cc1cccc(C(=O)N2CCCCCC2CO)c1Cl. The van der Waals surface area contributed by atoms with Gasteiger partial charge < -0.3 is 10.0 Å². The number of nitrogens with zero attached hydrogens (tertiary/aromatic N) is 1. The molecule has 0 aromatic heterocycles. The summed E-state index contributed by atoms with van der Waals surface area (Å²) in [6.07, 6.45) is 4.04. The van der Waals surface area contributed by atoms with E-state index in [0.29, 0.717) is 17.1 Å². The Morgan fingerprint density at radius 3 is 2.95 bits per heavy atom. The molecule has 1 N–H and O–H groups in total. The number of benzene rings is 1. The topological polar surface area (TPSA) is 40.5 Å². The standard InChI is InChI=1S/C15H20ClNO2/c1-11-6-5-8-13(14(11)16)15(19)17-9-4-2-3-7-12(17)10-18/h5-6,8,12,18H,2-4,7,9-10H2,1H3. The Labute approximate surface area is 119 Å². The predicted molar refractivity (Wildman–Crippen MR) is 76.6 cm³/mol. The minimum atomic E-state index is -0.0772. The molecule has 1 aliphatic rings. The maximum absolute atomic E-state index is 12.6. The van der Waals surface area contributed by atoms with Crippen molar-refractivity contribution in [2.24, 2.45) is 0 Å². The molecular weight excluding hydrogens is 262 g/mol. The summed E-state index contributed by atoms with van der Waals surface area (Å²) in [6.45, 7) is 2.62. The number of halogens is 1. The van der Waals surface area contributed by atoms with E-state index in [1.807, 2.05) is 19.1 Å². The number of aryl methyl sites for hydroxylation is 1. The zero-order valence-corrected chi connectivity index (χ0v) is 12.0. The number of hydrogen-bond acceptors (Lipinski definition) is 2. The lowest BCUT2D eigenvalue weighted by atomic mass is 10.1. The molecule has 2 rings (SSSR count). The Kier molecular flexibility index (Phi) is 4.83. The normalized spacial score (nSPS) is 20.2. The fourth-order valence-corrected chi connectivity index (χ4v) is 2.81. The molecule has 1 unspecified atom stereocenters. The van der Waals surface area contributed by atoms with Crippen molar-refractivity contribution in [2.75, 3.05) is 13.2 Å². The van der Waals surface area contributed by atoms with E-state index < -0.39 is 0 Å². The molecule has 1 aromatic rings. The van der Waals surface area contributed by atoms with Gasteiger partial charge in [-0.05, 0) is 31.4 Å². The Bertz CT molecular complexity index is 461. The molecule has 1 aliphatic heterocycles. The molecule has 104 valence electrons. The van der Waals surface area contributed by atoms with E-state index in [1.165, 1.54) is 0 Å². The largest absolute Gasteiger partial charge is 0.394 e. The second-order valence-corrected chi connectivity index (χ2v) is 5.50. The highest BCUT2D eigenvalue weighted by atomic mass is 35.5. The molecule has 1 amide bonds.